The average molecular weight is 285 g/mol. The fourth-order valence-electron chi connectivity index (χ4n) is 2.05. The molecule has 0 atom stereocenters. The molecule has 1 fully saturated rings. The van der Waals surface area contributed by atoms with Crippen LogP contribution in [0.3, 0.4) is 0 Å². The topological polar surface area (TPSA) is 40.6 Å². The summed E-state index contributed by atoms with van der Waals surface area (Å²) in [5.74, 6) is -0.809. The van der Waals surface area contributed by atoms with Crippen LogP contribution in [0.1, 0.15) is 10.4 Å². The van der Waals surface area contributed by atoms with Gasteiger partial charge in [-0.25, -0.2) is 4.39 Å². The van der Waals surface area contributed by atoms with Gasteiger partial charge in [-0.15, -0.1) is 11.6 Å². The monoisotopic (exact) mass is 284 g/mol. The van der Waals surface area contributed by atoms with Crippen LogP contribution in [0.2, 0.25) is 0 Å². The van der Waals surface area contributed by atoms with Crippen LogP contribution in [0.4, 0.5) is 4.39 Å². The Labute approximate surface area is 115 Å². The second-order valence-electron chi connectivity index (χ2n) is 4.32. The van der Waals surface area contributed by atoms with Gasteiger partial charge in [0, 0.05) is 31.7 Å². The second-order valence-corrected chi connectivity index (χ2v) is 4.58. The first-order valence-corrected chi connectivity index (χ1v) is 6.54. The van der Waals surface area contributed by atoms with E-state index in [0.29, 0.717) is 31.7 Å². The lowest BCUT2D eigenvalue weighted by molar-refractivity contribution is -0.129. The van der Waals surface area contributed by atoms with Crippen molar-refractivity contribution in [1.82, 2.24) is 9.80 Å². The molecule has 0 bridgehead atoms. The maximum absolute atomic E-state index is 13.1. The molecule has 0 unspecified atom stereocenters. The van der Waals surface area contributed by atoms with Crippen LogP contribution in [-0.4, -0.2) is 53.7 Å². The van der Waals surface area contributed by atoms with Gasteiger partial charge in [-0.05, 0) is 18.2 Å². The van der Waals surface area contributed by atoms with Gasteiger partial charge in [-0.3, -0.25) is 9.59 Å². The van der Waals surface area contributed by atoms with E-state index in [0.717, 1.165) is 0 Å². The molecule has 1 saturated heterocycles. The largest absolute Gasteiger partial charge is 0.338 e. The van der Waals surface area contributed by atoms with Gasteiger partial charge in [0.1, 0.15) is 11.7 Å². The molecule has 1 aliphatic heterocycles. The first-order valence-electron chi connectivity index (χ1n) is 6.00. The van der Waals surface area contributed by atoms with E-state index in [-0.39, 0.29) is 17.7 Å². The number of benzene rings is 1. The predicted octanol–water partition coefficient (Wildman–Crippen LogP) is 1.35. The van der Waals surface area contributed by atoms with E-state index in [1.165, 1.54) is 18.2 Å². The van der Waals surface area contributed by atoms with E-state index in [1.54, 1.807) is 15.9 Å². The number of carbonyl (C=O) groups excluding carboxylic acids is 2. The fraction of sp³-hybridized carbons (Fsp3) is 0.385. The third-order valence-electron chi connectivity index (χ3n) is 3.11. The van der Waals surface area contributed by atoms with Crippen molar-refractivity contribution in [2.45, 2.75) is 0 Å². The molecule has 2 amide bonds. The van der Waals surface area contributed by atoms with Crippen LogP contribution in [0.5, 0.6) is 0 Å². The van der Waals surface area contributed by atoms with Gasteiger partial charge < -0.3 is 9.80 Å². The summed E-state index contributed by atoms with van der Waals surface area (Å²) in [5, 5.41) is 0. The first kappa shape index (κ1) is 13.8. The van der Waals surface area contributed by atoms with Crippen molar-refractivity contribution < 1.29 is 14.0 Å². The minimum absolute atomic E-state index is 0.0438. The van der Waals surface area contributed by atoms with E-state index in [2.05, 4.69) is 0 Å². The van der Waals surface area contributed by atoms with E-state index in [1.807, 2.05) is 0 Å². The van der Waals surface area contributed by atoms with E-state index in [9.17, 15) is 14.0 Å². The second kappa shape index (κ2) is 6.02. The molecule has 1 aliphatic rings. The number of nitrogens with zero attached hydrogens (tertiary/aromatic N) is 2. The summed E-state index contributed by atoms with van der Waals surface area (Å²) in [4.78, 5) is 26.8. The summed E-state index contributed by atoms with van der Waals surface area (Å²) in [7, 11) is 0. The van der Waals surface area contributed by atoms with Gasteiger partial charge in [-0.1, -0.05) is 6.07 Å². The SMILES string of the molecule is O=C(CCl)N1CCN(C(=O)c2cccc(F)c2)CC1. The number of hydrogen-bond donors (Lipinski definition) is 0. The molecule has 0 saturated carbocycles. The highest BCUT2D eigenvalue weighted by molar-refractivity contribution is 6.27. The molecule has 1 heterocycles. The van der Waals surface area contributed by atoms with Crippen LogP contribution in [-0.2, 0) is 4.79 Å². The number of rotatable bonds is 2. The molecular formula is C13H14ClFN2O2. The molecule has 4 nitrogen and oxygen atoms in total. The Balaban J connectivity index is 1.98. The molecule has 0 spiro atoms. The molecule has 102 valence electrons. The van der Waals surface area contributed by atoms with Crippen LogP contribution in [0, 0.1) is 5.82 Å². The zero-order valence-electron chi connectivity index (χ0n) is 10.3. The van der Waals surface area contributed by atoms with Crippen LogP contribution in [0.25, 0.3) is 0 Å². The normalized spacial score (nSPS) is 15.5. The molecule has 6 heteroatoms. The molecule has 0 N–H and O–H groups in total. The Morgan fingerprint density at radius 2 is 1.79 bits per heavy atom. The molecular weight excluding hydrogens is 271 g/mol. The summed E-state index contributed by atoms with van der Waals surface area (Å²) in [6.45, 7) is 1.81. The van der Waals surface area contributed by atoms with Crippen molar-refractivity contribution in [1.29, 1.82) is 0 Å². The summed E-state index contributed by atoms with van der Waals surface area (Å²) < 4.78 is 13.1. The third kappa shape index (κ3) is 3.23. The minimum Gasteiger partial charge on any atom is -0.338 e. The number of carbonyl (C=O) groups is 2. The Hall–Kier alpha value is -1.62. The van der Waals surface area contributed by atoms with Crippen molar-refractivity contribution in [2.75, 3.05) is 32.1 Å². The zero-order valence-corrected chi connectivity index (χ0v) is 11.1. The summed E-state index contributed by atoms with van der Waals surface area (Å²) in [6.07, 6.45) is 0. The number of hydrogen-bond acceptors (Lipinski definition) is 2. The molecule has 0 aliphatic carbocycles. The van der Waals surface area contributed by atoms with Crippen molar-refractivity contribution in [3.8, 4) is 0 Å². The van der Waals surface area contributed by atoms with E-state index >= 15 is 0 Å². The zero-order chi connectivity index (χ0) is 13.8. The van der Waals surface area contributed by atoms with E-state index < -0.39 is 5.82 Å². The Morgan fingerprint density at radius 3 is 2.37 bits per heavy atom. The molecule has 1 aromatic rings. The van der Waals surface area contributed by atoms with Gasteiger partial charge in [0.25, 0.3) is 5.91 Å². The van der Waals surface area contributed by atoms with Crippen molar-refractivity contribution >= 4 is 23.4 Å². The average Bonchev–Trinajstić information content (AvgIpc) is 2.46. The third-order valence-corrected chi connectivity index (χ3v) is 3.33. The Bertz CT molecular complexity index is 487. The Morgan fingerprint density at radius 1 is 1.16 bits per heavy atom. The maximum Gasteiger partial charge on any atom is 0.254 e. The molecule has 2 rings (SSSR count). The number of piperazine rings is 1. The lowest BCUT2D eigenvalue weighted by Crippen LogP contribution is -2.51. The number of halogens is 2. The van der Waals surface area contributed by atoms with E-state index in [4.69, 9.17) is 11.6 Å². The van der Waals surface area contributed by atoms with Crippen LogP contribution >= 0.6 is 11.6 Å². The van der Waals surface area contributed by atoms with Crippen LogP contribution < -0.4 is 0 Å². The van der Waals surface area contributed by atoms with Crippen LogP contribution in [0.15, 0.2) is 24.3 Å². The molecule has 0 aromatic heterocycles. The first-order chi connectivity index (χ1) is 9.11. The number of amides is 2. The highest BCUT2D eigenvalue weighted by atomic mass is 35.5. The van der Waals surface area contributed by atoms with Gasteiger partial charge in [-0.2, -0.15) is 0 Å². The predicted molar refractivity (Wildman–Crippen MR) is 69.6 cm³/mol. The minimum atomic E-state index is -0.429. The van der Waals surface area contributed by atoms with Gasteiger partial charge >= 0.3 is 0 Å². The highest BCUT2D eigenvalue weighted by Crippen LogP contribution is 2.10. The van der Waals surface area contributed by atoms with Crippen molar-refractivity contribution in [3.63, 3.8) is 0 Å². The Kier molecular flexibility index (Phi) is 4.37. The van der Waals surface area contributed by atoms with Gasteiger partial charge in [0.15, 0.2) is 0 Å². The lowest BCUT2D eigenvalue weighted by Gasteiger charge is -2.34. The smallest absolute Gasteiger partial charge is 0.254 e. The molecule has 0 radical (unpaired) electrons. The van der Waals surface area contributed by atoms with Crippen molar-refractivity contribution in [3.05, 3.63) is 35.6 Å². The quantitative estimate of drug-likeness (QED) is 0.769. The fourth-order valence-corrected chi connectivity index (χ4v) is 2.22. The summed E-state index contributed by atoms with van der Waals surface area (Å²) in [5.41, 5.74) is 0.331. The summed E-state index contributed by atoms with van der Waals surface area (Å²) >= 11 is 5.48. The summed E-state index contributed by atoms with van der Waals surface area (Å²) in [6, 6.07) is 5.62. The van der Waals surface area contributed by atoms with Gasteiger partial charge in [0.05, 0.1) is 0 Å². The van der Waals surface area contributed by atoms with Crippen molar-refractivity contribution in [2.24, 2.45) is 0 Å². The standard InChI is InChI=1S/C13H14ClFN2O2/c14-9-12(18)16-4-6-17(7-5-16)13(19)10-2-1-3-11(15)8-10/h1-3,8H,4-7,9H2. The highest BCUT2D eigenvalue weighted by Gasteiger charge is 2.24. The van der Waals surface area contributed by atoms with Gasteiger partial charge in [0.2, 0.25) is 5.91 Å². The molecule has 1 aromatic carbocycles. The number of alkyl halides is 1. The maximum atomic E-state index is 13.1. The molecule has 19 heavy (non-hydrogen) atoms. The lowest BCUT2D eigenvalue weighted by atomic mass is 10.1.